The van der Waals surface area contributed by atoms with Crippen molar-refractivity contribution in [1.29, 1.82) is 0 Å². The van der Waals surface area contributed by atoms with Crippen molar-refractivity contribution in [2.24, 2.45) is 0 Å². The van der Waals surface area contributed by atoms with Crippen molar-refractivity contribution >= 4 is 5.91 Å². The van der Waals surface area contributed by atoms with Crippen LogP contribution < -0.4 is 5.32 Å². The standard InChI is InChI=1S/C10H19F3N2O/c1-7(2)15(4)9(16)6-14-8(3)5-10(11,12)13/h7-8,14H,5-6H2,1-4H3. The second kappa shape index (κ2) is 6.08. The number of nitrogens with one attached hydrogen (secondary N) is 1. The van der Waals surface area contributed by atoms with Crippen LogP contribution in [0, 0.1) is 0 Å². The quantitative estimate of drug-likeness (QED) is 0.794. The summed E-state index contributed by atoms with van der Waals surface area (Å²) in [6.45, 7) is 5.04. The lowest BCUT2D eigenvalue weighted by molar-refractivity contribution is -0.141. The summed E-state index contributed by atoms with van der Waals surface area (Å²) in [5.74, 6) is -0.205. The molecule has 6 heteroatoms. The van der Waals surface area contributed by atoms with Gasteiger partial charge in [-0.15, -0.1) is 0 Å². The van der Waals surface area contributed by atoms with Gasteiger partial charge in [-0.1, -0.05) is 0 Å². The molecule has 0 saturated heterocycles. The maximum absolute atomic E-state index is 12.0. The molecule has 1 amide bonds. The van der Waals surface area contributed by atoms with Crippen LogP contribution in [0.15, 0.2) is 0 Å². The molecule has 0 saturated carbocycles. The molecule has 0 aromatic heterocycles. The Balaban J connectivity index is 3.93. The lowest BCUT2D eigenvalue weighted by atomic mass is 10.2. The molecule has 16 heavy (non-hydrogen) atoms. The molecule has 1 atom stereocenters. The van der Waals surface area contributed by atoms with Crippen LogP contribution in [-0.4, -0.2) is 42.7 Å². The van der Waals surface area contributed by atoms with Crippen LogP contribution in [0.25, 0.3) is 0 Å². The molecule has 0 aromatic carbocycles. The van der Waals surface area contributed by atoms with Gasteiger partial charge in [-0.2, -0.15) is 13.2 Å². The average Bonchev–Trinajstić information content (AvgIpc) is 2.09. The summed E-state index contributed by atoms with van der Waals surface area (Å²) in [4.78, 5) is 12.9. The minimum Gasteiger partial charge on any atom is -0.342 e. The monoisotopic (exact) mass is 240 g/mol. The summed E-state index contributed by atoms with van der Waals surface area (Å²) in [7, 11) is 1.63. The summed E-state index contributed by atoms with van der Waals surface area (Å²) in [6.07, 6.45) is -5.12. The molecule has 0 aromatic rings. The Bertz CT molecular complexity index is 229. The average molecular weight is 240 g/mol. The number of halogens is 3. The van der Waals surface area contributed by atoms with Crippen molar-refractivity contribution in [1.82, 2.24) is 10.2 Å². The van der Waals surface area contributed by atoms with Gasteiger partial charge in [-0.25, -0.2) is 0 Å². The molecule has 0 heterocycles. The Labute approximate surface area is 94.0 Å². The van der Waals surface area contributed by atoms with E-state index in [0.29, 0.717) is 0 Å². The van der Waals surface area contributed by atoms with Crippen molar-refractivity contribution < 1.29 is 18.0 Å². The molecule has 0 aliphatic carbocycles. The number of alkyl halides is 3. The molecule has 1 unspecified atom stereocenters. The summed E-state index contributed by atoms with van der Waals surface area (Å²) in [5.41, 5.74) is 0. The number of amides is 1. The van der Waals surface area contributed by atoms with E-state index in [-0.39, 0.29) is 18.5 Å². The van der Waals surface area contributed by atoms with Gasteiger partial charge in [0, 0.05) is 19.1 Å². The number of carbonyl (C=O) groups excluding carboxylic acids is 1. The molecule has 0 aliphatic rings. The fraction of sp³-hybridized carbons (Fsp3) is 0.900. The number of hydrogen-bond acceptors (Lipinski definition) is 2. The van der Waals surface area contributed by atoms with Crippen LogP contribution in [0.2, 0.25) is 0 Å². The van der Waals surface area contributed by atoms with Crippen LogP contribution in [-0.2, 0) is 4.79 Å². The Morgan fingerprint density at radius 1 is 1.31 bits per heavy atom. The lowest BCUT2D eigenvalue weighted by Crippen LogP contribution is -2.42. The highest BCUT2D eigenvalue weighted by Gasteiger charge is 2.30. The second-order valence-electron chi connectivity index (χ2n) is 4.20. The third kappa shape index (κ3) is 6.66. The van der Waals surface area contributed by atoms with E-state index in [4.69, 9.17) is 0 Å². The predicted molar refractivity (Wildman–Crippen MR) is 56.0 cm³/mol. The van der Waals surface area contributed by atoms with E-state index in [1.165, 1.54) is 11.8 Å². The SMILES string of the molecule is CC(CC(F)(F)F)NCC(=O)N(C)C(C)C. The normalized spacial score (nSPS) is 14.0. The highest BCUT2D eigenvalue weighted by atomic mass is 19.4. The predicted octanol–water partition coefficient (Wildman–Crippen LogP) is 1.78. The van der Waals surface area contributed by atoms with E-state index in [1.54, 1.807) is 7.05 Å². The fourth-order valence-corrected chi connectivity index (χ4v) is 1.09. The molecule has 96 valence electrons. The van der Waals surface area contributed by atoms with Gasteiger partial charge in [0.25, 0.3) is 0 Å². The van der Waals surface area contributed by atoms with Gasteiger partial charge in [0.15, 0.2) is 0 Å². The van der Waals surface area contributed by atoms with Crippen molar-refractivity contribution in [3.63, 3.8) is 0 Å². The van der Waals surface area contributed by atoms with E-state index in [9.17, 15) is 18.0 Å². The summed E-state index contributed by atoms with van der Waals surface area (Å²) in [6, 6.07) is -0.697. The number of rotatable bonds is 5. The number of hydrogen-bond donors (Lipinski definition) is 1. The van der Waals surface area contributed by atoms with Crippen LogP contribution in [0.3, 0.4) is 0 Å². The van der Waals surface area contributed by atoms with Crippen molar-refractivity contribution in [3.05, 3.63) is 0 Å². The Kier molecular flexibility index (Phi) is 5.78. The second-order valence-corrected chi connectivity index (χ2v) is 4.20. The highest BCUT2D eigenvalue weighted by molar-refractivity contribution is 5.78. The highest BCUT2D eigenvalue weighted by Crippen LogP contribution is 2.21. The van der Waals surface area contributed by atoms with Crippen molar-refractivity contribution in [2.75, 3.05) is 13.6 Å². The van der Waals surface area contributed by atoms with Gasteiger partial charge in [-0.3, -0.25) is 4.79 Å². The third-order valence-corrected chi connectivity index (χ3v) is 2.31. The molecule has 0 fully saturated rings. The van der Waals surface area contributed by atoms with Gasteiger partial charge >= 0.3 is 6.18 Å². The van der Waals surface area contributed by atoms with Gasteiger partial charge in [0.05, 0.1) is 13.0 Å². The smallest absolute Gasteiger partial charge is 0.342 e. The first-order chi connectivity index (χ1) is 7.13. The zero-order chi connectivity index (χ0) is 12.9. The Morgan fingerprint density at radius 3 is 2.19 bits per heavy atom. The molecule has 0 radical (unpaired) electrons. The molecular formula is C10H19F3N2O. The topological polar surface area (TPSA) is 32.3 Å². The molecule has 0 rings (SSSR count). The maximum atomic E-state index is 12.0. The van der Waals surface area contributed by atoms with E-state index >= 15 is 0 Å². The molecule has 0 spiro atoms. The van der Waals surface area contributed by atoms with Gasteiger partial charge in [0.2, 0.25) is 5.91 Å². The van der Waals surface area contributed by atoms with E-state index in [1.807, 2.05) is 13.8 Å². The Morgan fingerprint density at radius 2 is 1.81 bits per heavy atom. The van der Waals surface area contributed by atoms with E-state index in [0.717, 1.165) is 0 Å². The van der Waals surface area contributed by atoms with Gasteiger partial charge in [-0.05, 0) is 20.8 Å². The fourth-order valence-electron chi connectivity index (χ4n) is 1.09. The Hall–Kier alpha value is -0.780. The summed E-state index contributed by atoms with van der Waals surface area (Å²) < 4.78 is 35.9. The minimum absolute atomic E-state index is 0.0484. The summed E-state index contributed by atoms with van der Waals surface area (Å²) >= 11 is 0. The lowest BCUT2D eigenvalue weighted by Gasteiger charge is -2.23. The van der Waals surface area contributed by atoms with Crippen LogP contribution in [0.4, 0.5) is 13.2 Å². The molecular weight excluding hydrogens is 221 g/mol. The zero-order valence-electron chi connectivity index (χ0n) is 10.1. The molecule has 0 bridgehead atoms. The first-order valence-corrected chi connectivity index (χ1v) is 5.19. The molecule has 3 nitrogen and oxygen atoms in total. The van der Waals surface area contributed by atoms with E-state index < -0.39 is 18.6 Å². The van der Waals surface area contributed by atoms with Crippen LogP contribution in [0.5, 0.6) is 0 Å². The minimum atomic E-state index is -4.20. The maximum Gasteiger partial charge on any atom is 0.390 e. The number of likely N-dealkylation sites (N-methyl/N-ethyl adjacent to an activating group) is 1. The molecule has 1 N–H and O–H groups in total. The first kappa shape index (κ1) is 15.2. The molecule has 0 aliphatic heterocycles. The van der Waals surface area contributed by atoms with E-state index in [2.05, 4.69) is 5.32 Å². The number of carbonyl (C=O) groups is 1. The van der Waals surface area contributed by atoms with Crippen LogP contribution in [0.1, 0.15) is 27.2 Å². The van der Waals surface area contributed by atoms with Gasteiger partial charge < -0.3 is 10.2 Å². The van der Waals surface area contributed by atoms with Crippen LogP contribution >= 0.6 is 0 Å². The zero-order valence-corrected chi connectivity index (χ0v) is 10.1. The van der Waals surface area contributed by atoms with Crippen molar-refractivity contribution in [3.8, 4) is 0 Å². The van der Waals surface area contributed by atoms with Crippen molar-refractivity contribution in [2.45, 2.75) is 45.5 Å². The number of nitrogens with zero attached hydrogens (tertiary/aromatic N) is 1. The summed E-state index contributed by atoms with van der Waals surface area (Å²) in [5, 5.41) is 2.56. The third-order valence-electron chi connectivity index (χ3n) is 2.31. The van der Waals surface area contributed by atoms with Gasteiger partial charge in [0.1, 0.15) is 0 Å². The largest absolute Gasteiger partial charge is 0.390 e. The first-order valence-electron chi connectivity index (χ1n) is 5.19.